The molecule has 0 bridgehead atoms. The molecular formula is C16H17IN2S. The summed E-state index contributed by atoms with van der Waals surface area (Å²) in [6.45, 7) is 0. The first-order chi connectivity index (χ1) is 9.76. The van der Waals surface area contributed by atoms with Crippen LogP contribution in [0.25, 0.3) is 0 Å². The average molecular weight is 396 g/mol. The molecule has 0 saturated carbocycles. The van der Waals surface area contributed by atoms with Gasteiger partial charge in [0.1, 0.15) is 0 Å². The van der Waals surface area contributed by atoms with E-state index in [1.165, 1.54) is 19.6 Å². The molecule has 2 unspecified atom stereocenters. The summed E-state index contributed by atoms with van der Waals surface area (Å²) in [5, 5.41) is 0.511. The van der Waals surface area contributed by atoms with Gasteiger partial charge in [0.15, 0.2) is 0 Å². The lowest BCUT2D eigenvalue weighted by Gasteiger charge is -2.22. The van der Waals surface area contributed by atoms with E-state index in [4.69, 9.17) is 5.84 Å². The highest BCUT2D eigenvalue weighted by Gasteiger charge is 2.28. The second kappa shape index (κ2) is 6.47. The van der Waals surface area contributed by atoms with Gasteiger partial charge >= 0.3 is 0 Å². The Labute approximate surface area is 137 Å². The molecule has 0 aromatic heterocycles. The summed E-state index contributed by atoms with van der Waals surface area (Å²) in [5.74, 6) is 5.80. The van der Waals surface area contributed by atoms with E-state index in [2.05, 4.69) is 76.5 Å². The van der Waals surface area contributed by atoms with Crippen LogP contribution in [0.3, 0.4) is 0 Å². The monoisotopic (exact) mass is 396 g/mol. The number of hydrazine groups is 1. The average Bonchev–Trinajstić information content (AvgIpc) is 2.90. The van der Waals surface area contributed by atoms with E-state index in [1.54, 1.807) is 0 Å². The number of nitrogens with one attached hydrogen (secondary N) is 1. The molecule has 4 heteroatoms. The van der Waals surface area contributed by atoms with Gasteiger partial charge in [-0.3, -0.25) is 11.3 Å². The molecule has 2 atom stereocenters. The van der Waals surface area contributed by atoms with Crippen molar-refractivity contribution >= 4 is 34.4 Å². The fraction of sp³-hybridized carbons (Fsp3) is 0.250. The molecule has 3 rings (SSSR count). The molecule has 20 heavy (non-hydrogen) atoms. The molecule has 0 aliphatic carbocycles. The lowest BCUT2D eigenvalue weighted by atomic mass is 9.99. The van der Waals surface area contributed by atoms with Crippen LogP contribution in [0, 0.1) is 3.57 Å². The van der Waals surface area contributed by atoms with E-state index in [9.17, 15) is 0 Å². The van der Waals surface area contributed by atoms with Crippen molar-refractivity contribution in [3.8, 4) is 0 Å². The molecule has 0 amide bonds. The van der Waals surface area contributed by atoms with Gasteiger partial charge in [-0.15, -0.1) is 11.8 Å². The highest BCUT2D eigenvalue weighted by Crippen LogP contribution is 2.38. The number of halogens is 1. The van der Waals surface area contributed by atoms with E-state index in [-0.39, 0.29) is 0 Å². The van der Waals surface area contributed by atoms with Crippen LogP contribution in [-0.4, -0.2) is 11.3 Å². The standard InChI is InChI=1S/C16H17IN2S/c17-13-7-5-11(6-8-13)9-14(19-18)16-10-12-3-1-2-4-15(12)20-16/h1-8,14,16,19H,9-10,18H2. The first-order valence-electron chi connectivity index (χ1n) is 6.71. The van der Waals surface area contributed by atoms with Gasteiger partial charge in [0.05, 0.1) is 0 Å². The maximum atomic E-state index is 5.80. The molecule has 0 spiro atoms. The first kappa shape index (κ1) is 14.4. The largest absolute Gasteiger partial charge is 0.271 e. The smallest absolute Gasteiger partial charge is 0.0376 e. The maximum Gasteiger partial charge on any atom is 0.0376 e. The third-order valence-electron chi connectivity index (χ3n) is 3.70. The first-order valence-corrected chi connectivity index (χ1v) is 8.67. The lowest BCUT2D eigenvalue weighted by molar-refractivity contribution is 0.506. The van der Waals surface area contributed by atoms with Crippen molar-refractivity contribution in [3.63, 3.8) is 0 Å². The van der Waals surface area contributed by atoms with Gasteiger partial charge in [-0.25, -0.2) is 0 Å². The Balaban J connectivity index is 1.71. The zero-order valence-electron chi connectivity index (χ0n) is 11.1. The predicted molar refractivity (Wildman–Crippen MR) is 93.8 cm³/mol. The summed E-state index contributed by atoms with van der Waals surface area (Å²) in [6, 6.07) is 17.6. The minimum Gasteiger partial charge on any atom is -0.271 e. The van der Waals surface area contributed by atoms with E-state index >= 15 is 0 Å². The topological polar surface area (TPSA) is 38.0 Å². The van der Waals surface area contributed by atoms with E-state index in [1.807, 2.05) is 11.8 Å². The zero-order valence-corrected chi connectivity index (χ0v) is 14.0. The summed E-state index contributed by atoms with van der Waals surface area (Å²) in [4.78, 5) is 1.40. The van der Waals surface area contributed by atoms with Crippen LogP contribution in [-0.2, 0) is 12.8 Å². The molecular weight excluding hydrogens is 379 g/mol. The predicted octanol–water partition coefficient (Wildman–Crippen LogP) is 3.38. The Morgan fingerprint density at radius 3 is 2.65 bits per heavy atom. The van der Waals surface area contributed by atoms with Crippen LogP contribution in [0.15, 0.2) is 53.4 Å². The van der Waals surface area contributed by atoms with Crippen LogP contribution in [0.4, 0.5) is 0 Å². The van der Waals surface area contributed by atoms with Crippen LogP contribution in [0.5, 0.6) is 0 Å². The number of nitrogens with two attached hydrogens (primary N) is 1. The Bertz CT molecular complexity index is 560. The van der Waals surface area contributed by atoms with Crippen molar-refractivity contribution in [2.45, 2.75) is 29.0 Å². The molecule has 0 radical (unpaired) electrons. The van der Waals surface area contributed by atoms with E-state index in [0.29, 0.717) is 11.3 Å². The van der Waals surface area contributed by atoms with Gasteiger partial charge in [0.25, 0.3) is 0 Å². The molecule has 0 saturated heterocycles. The SMILES string of the molecule is NNC(Cc1ccc(I)cc1)C1Cc2ccccc2S1. The lowest BCUT2D eigenvalue weighted by Crippen LogP contribution is -2.44. The van der Waals surface area contributed by atoms with Gasteiger partial charge < -0.3 is 0 Å². The van der Waals surface area contributed by atoms with Crippen molar-refractivity contribution < 1.29 is 0 Å². The summed E-state index contributed by atoms with van der Waals surface area (Å²) in [6.07, 6.45) is 2.07. The molecule has 3 N–H and O–H groups in total. The fourth-order valence-electron chi connectivity index (χ4n) is 2.61. The Kier molecular flexibility index (Phi) is 4.65. The maximum absolute atomic E-state index is 5.80. The second-order valence-corrected chi connectivity index (χ2v) is 7.60. The highest BCUT2D eigenvalue weighted by atomic mass is 127. The van der Waals surface area contributed by atoms with E-state index in [0.717, 1.165) is 12.8 Å². The summed E-state index contributed by atoms with van der Waals surface area (Å²) in [5.41, 5.74) is 5.81. The minimum absolute atomic E-state index is 0.299. The highest BCUT2D eigenvalue weighted by molar-refractivity contribution is 14.1. The van der Waals surface area contributed by atoms with Crippen molar-refractivity contribution in [3.05, 3.63) is 63.2 Å². The normalized spacial score (nSPS) is 18.8. The van der Waals surface area contributed by atoms with Crippen LogP contribution in [0.1, 0.15) is 11.1 Å². The van der Waals surface area contributed by atoms with Crippen molar-refractivity contribution in [1.82, 2.24) is 5.43 Å². The van der Waals surface area contributed by atoms with Gasteiger partial charge in [0.2, 0.25) is 0 Å². The summed E-state index contributed by atoms with van der Waals surface area (Å²) in [7, 11) is 0. The third-order valence-corrected chi connectivity index (χ3v) is 5.87. The number of benzene rings is 2. The fourth-order valence-corrected chi connectivity index (χ4v) is 4.35. The van der Waals surface area contributed by atoms with Crippen molar-refractivity contribution in [1.29, 1.82) is 0 Å². The molecule has 104 valence electrons. The Morgan fingerprint density at radius 1 is 1.20 bits per heavy atom. The number of thioether (sulfide) groups is 1. The summed E-state index contributed by atoms with van der Waals surface area (Å²) >= 11 is 4.28. The van der Waals surface area contributed by atoms with Crippen LogP contribution >= 0.6 is 34.4 Å². The van der Waals surface area contributed by atoms with Crippen molar-refractivity contribution in [2.75, 3.05) is 0 Å². The molecule has 2 aromatic carbocycles. The molecule has 1 heterocycles. The van der Waals surface area contributed by atoms with E-state index < -0.39 is 0 Å². The molecule has 2 aromatic rings. The zero-order chi connectivity index (χ0) is 13.9. The van der Waals surface area contributed by atoms with Crippen molar-refractivity contribution in [2.24, 2.45) is 5.84 Å². The van der Waals surface area contributed by atoms with Gasteiger partial charge in [0, 0.05) is 19.8 Å². The number of rotatable bonds is 4. The van der Waals surface area contributed by atoms with Crippen LogP contribution in [0.2, 0.25) is 0 Å². The molecule has 0 fully saturated rings. The van der Waals surface area contributed by atoms with Crippen LogP contribution < -0.4 is 11.3 Å². The summed E-state index contributed by atoms with van der Waals surface area (Å²) < 4.78 is 1.27. The van der Waals surface area contributed by atoms with Gasteiger partial charge in [-0.1, -0.05) is 30.3 Å². The molecule has 1 aliphatic rings. The second-order valence-electron chi connectivity index (χ2n) is 5.07. The molecule has 1 aliphatic heterocycles. The third kappa shape index (κ3) is 3.19. The van der Waals surface area contributed by atoms with Gasteiger partial charge in [-0.05, 0) is 64.8 Å². The molecule has 2 nitrogen and oxygen atoms in total. The number of hydrogen-bond donors (Lipinski definition) is 2. The Morgan fingerprint density at radius 2 is 1.95 bits per heavy atom. The Hall–Kier alpha value is -0.560. The quantitative estimate of drug-likeness (QED) is 0.473. The number of hydrogen-bond acceptors (Lipinski definition) is 3. The van der Waals surface area contributed by atoms with Gasteiger partial charge in [-0.2, -0.15) is 0 Å². The minimum atomic E-state index is 0.299. The number of fused-ring (bicyclic) bond motifs is 1.